The first kappa shape index (κ1) is 19.0. The number of ether oxygens (including phenoxy) is 1. The molecule has 140 valence electrons. The second-order valence-corrected chi connectivity index (χ2v) is 6.48. The number of carbonyl (C=O) groups excluding carboxylic acids is 1. The molecule has 0 spiro atoms. The fourth-order valence-electron chi connectivity index (χ4n) is 2.69. The van der Waals surface area contributed by atoms with E-state index in [0.717, 1.165) is 10.2 Å². The van der Waals surface area contributed by atoms with E-state index in [1.165, 1.54) is 0 Å². The van der Waals surface area contributed by atoms with Crippen LogP contribution >= 0.6 is 11.6 Å². The van der Waals surface area contributed by atoms with Crippen LogP contribution < -0.4 is 11.3 Å². The van der Waals surface area contributed by atoms with Crippen LogP contribution in [0.25, 0.3) is 10.8 Å². The van der Waals surface area contributed by atoms with Crippen LogP contribution in [0.5, 0.6) is 0 Å². The van der Waals surface area contributed by atoms with Crippen molar-refractivity contribution in [2.45, 2.75) is 19.3 Å². The molecule has 1 atom stereocenters. The highest BCUT2D eigenvalue weighted by atomic mass is 35.5. The number of aliphatic hydroxyl groups excluding tert-OH is 1. The Labute approximate surface area is 159 Å². The molecular weight excluding hydrogens is 370 g/mol. The molecule has 3 aromatic rings. The number of primary amides is 1. The van der Waals surface area contributed by atoms with Gasteiger partial charge >= 0.3 is 0 Å². The van der Waals surface area contributed by atoms with Gasteiger partial charge in [-0.2, -0.15) is 5.10 Å². The molecule has 7 nitrogen and oxygen atoms in total. The number of fused-ring (bicyclic) bond motifs is 1. The van der Waals surface area contributed by atoms with E-state index in [1.807, 2.05) is 12.1 Å². The number of amides is 1. The Balaban J connectivity index is 1.72. The van der Waals surface area contributed by atoms with Crippen LogP contribution in [0.1, 0.15) is 16.1 Å². The minimum Gasteiger partial charge on any atom is -0.389 e. The molecule has 3 N–H and O–H groups in total. The molecule has 8 heteroatoms. The van der Waals surface area contributed by atoms with Crippen LogP contribution in [0.4, 0.5) is 0 Å². The molecule has 27 heavy (non-hydrogen) atoms. The predicted molar refractivity (Wildman–Crippen MR) is 102 cm³/mol. The van der Waals surface area contributed by atoms with E-state index >= 15 is 0 Å². The molecule has 2 aromatic carbocycles. The normalized spacial score (nSPS) is 12.2. The molecule has 0 saturated heterocycles. The minimum absolute atomic E-state index is 0.00449. The highest BCUT2D eigenvalue weighted by Crippen LogP contribution is 2.13. The maximum atomic E-state index is 12.5. The first-order valence-corrected chi connectivity index (χ1v) is 8.63. The molecule has 1 unspecified atom stereocenters. The highest BCUT2D eigenvalue weighted by molar-refractivity contribution is 6.30. The minimum atomic E-state index is -0.982. The summed E-state index contributed by atoms with van der Waals surface area (Å²) in [5.74, 6) is -0.742. The first-order valence-electron chi connectivity index (χ1n) is 8.25. The van der Waals surface area contributed by atoms with E-state index in [0.29, 0.717) is 22.4 Å². The molecule has 1 heterocycles. The summed E-state index contributed by atoms with van der Waals surface area (Å²) in [5, 5.41) is 15.5. The molecule has 0 saturated carbocycles. The van der Waals surface area contributed by atoms with Crippen molar-refractivity contribution < 1.29 is 14.6 Å². The lowest BCUT2D eigenvalue weighted by atomic mass is 10.1. The second-order valence-electron chi connectivity index (χ2n) is 6.04. The van der Waals surface area contributed by atoms with Gasteiger partial charge in [0.1, 0.15) is 0 Å². The number of nitrogens with two attached hydrogens (primary N) is 1. The van der Waals surface area contributed by atoms with Gasteiger partial charge in [0.05, 0.1) is 31.2 Å². The molecular formula is C19H18ClN3O4. The maximum absolute atomic E-state index is 12.5. The molecule has 0 aliphatic rings. The smallest absolute Gasteiger partial charge is 0.274 e. The lowest BCUT2D eigenvalue weighted by Crippen LogP contribution is -2.33. The summed E-state index contributed by atoms with van der Waals surface area (Å²) in [7, 11) is 0. The van der Waals surface area contributed by atoms with E-state index in [1.54, 1.807) is 36.4 Å². The first-order chi connectivity index (χ1) is 13.0. The Hall–Kier alpha value is -2.74. The van der Waals surface area contributed by atoms with Crippen LogP contribution in [-0.2, 0) is 17.9 Å². The Morgan fingerprint density at radius 3 is 2.52 bits per heavy atom. The Morgan fingerprint density at radius 2 is 1.85 bits per heavy atom. The van der Waals surface area contributed by atoms with Gasteiger partial charge in [-0.3, -0.25) is 9.59 Å². The van der Waals surface area contributed by atoms with Gasteiger partial charge in [0, 0.05) is 10.4 Å². The van der Waals surface area contributed by atoms with Crippen LogP contribution in [0.3, 0.4) is 0 Å². The quantitative estimate of drug-likeness (QED) is 0.642. The van der Waals surface area contributed by atoms with Gasteiger partial charge < -0.3 is 15.6 Å². The predicted octanol–water partition coefficient (Wildman–Crippen LogP) is 1.73. The number of hydrogen-bond donors (Lipinski definition) is 2. The summed E-state index contributed by atoms with van der Waals surface area (Å²) in [6, 6.07) is 13.7. The number of hydrogen-bond acceptors (Lipinski definition) is 5. The monoisotopic (exact) mass is 387 g/mol. The van der Waals surface area contributed by atoms with Gasteiger partial charge in [0.2, 0.25) is 0 Å². The third-order valence-electron chi connectivity index (χ3n) is 3.98. The average Bonchev–Trinajstić information content (AvgIpc) is 2.65. The lowest BCUT2D eigenvalue weighted by Gasteiger charge is -2.14. The van der Waals surface area contributed by atoms with Crippen molar-refractivity contribution in [2.24, 2.45) is 5.73 Å². The largest absolute Gasteiger partial charge is 0.389 e. The second kappa shape index (κ2) is 8.30. The molecule has 0 bridgehead atoms. The van der Waals surface area contributed by atoms with Crippen molar-refractivity contribution >= 4 is 28.3 Å². The van der Waals surface area contributed by atoms with Crippen molar-refractivity contribution in [3.8, 4) is 0 Å². The molecule has 1 amide bonds. The van der Waals surface area contributed by atoms with Crippen LogP contribution in [-0.4, -0.2) is 33.5 Å². The highest BCUT2D eigenvalue weighted by Gasteiger charge is 2.16. The third kappa shape index (κ3) is 4.51. The molecule has 0 fully saturated rings. The van der Waals surface area contributed by atoms with Crippen LogP contribution in [0.15, 0.2) is 53.3 Å². The van der Waals surface area contributed by atoms with Crippen molar-refractivity contribution in [3.05, 3.63) is 75.2 Å². The lowest BCUT2D eigenvalue weighted by molar-refractivity contribution is 0.0180. The zero-order valence-electron chi connectivity index (χ0n) is 14.3. The SMILES string of the molecule is NC(=O)c1nn(CC(O)COCc2ccc(Cl)cc2)c(=O)c2ccccc12. The number of aromatic nitrogens is 2. The summed E-state index contributed by atoms with van der Waals surface area (Å²) in [6.07, 6.45) is -0.982. The van der Waals surface area contributed by atoms with E-state index in [2.05, 4.69) is 5.10 Å². The fraction of sp³-hybridized carbons (Fsp3) is 0.211. The van der Waals surface area contributed by atoms with Gasteiger partial charge in [0.15, 0.2) is 5.69 Å². The summed E-state index contributed by atoms with van der Waals surface area (Å²) >= 11 is 5.82. The summed E-state index contributed by atoms with van der Waals surface area (Å²) < 4.78 is 6.51. The summed E-state index contributed by atoms with van der Waals surface area (Å²) in [5.41, 5.74) is 5.85. The van der Waals surface area contributed by atoms with E-state index < -0.39 is 17.6 Å². The van der Waals surface area contributed by atoms with Crippen LogP contribution in [0, 0.1) is 0 Å². The van der Waals surface area contributed by atoms with E-state index in [-0.39, 0.29) is 18.8 Å². The van der Waals surface area contributed by atoms with Crippen molar-refractivity contribution in [1.82, 2.24) is 9.78 Å². The number of halogens is 1. The van der Waals surface area contributed by atoms with Gasteiger partial charge in [-0.05, 0) is 23.8 Å². The molecule has 0 aliphatic heterocycles. The third-order valence-corrected chi connectivity index (χ3v) is 4.23. The number of nitrogens with zero attached hydrogens (tertiary/aromatic N) is 2. The maximum Gasteiger partial charge on any atom is 0.274 e. The van der Waals surface area contributed by atoms with Crippen molar-refractivity contribution in [1.29, 1.82) is 0 Å². The van der Waals surface area contributed by atoms with Crippen molar-refractivity contribution in [2.75, 3.05) is 6.61 Å². The Bertz CT molecular complexity index is 1020. The number of rotatable bonds is 7. The zero-order chi connectivity index (χ0) is 19.4. The molecule has 3 rings (SSSR count). The fourth-order valence-corrected chi connectivity index (χ4v) is 2.81. The molecule has 0 radical (unpaired) electrons. The van der Waals surface area contributed by atoms with Gasteiger partial charge in [0.25, 0.3) is 11.5 Å². The molecule has 0 aliphatic carbocycles. The zero-order valence-corrected chi connectivity index (χ0v) is 15.1. The Kier molecular flexibility index (Phi) is 5.85. The van der Waals surface area contributed by atoms with Gasteiger partial charge in [-0.25, -0.2) is 4.68 Å². The topological polar surface area (TPSA) is 107 Å². The van der Waals surface area contributed by atoms with Crippen LogP contribution in [0.2, 0.25) is 5.02 Å². The van der Waals surface area contributed by atoms with Gasteiger partial charge in [-0.15, -0.1) is 0 Å². The summed E-state index contributed by atoms with van der Waals surface area (Å²) in [4.78, 5) is 24.2. The standard InChI is InChI=1S/C19H18ClN3O4/c20-13-7-5-12(6-8-13)10-27-11-14(24)9-23-19(26)16-4-2-1-3-15(16)17(22-23)18(21)25/h1-8,14,24H,9-11H2,(H2,21,25). The Morgan fingerprint density at radius 1 is 1.19 bits per heavy atom. The number of benzene rings is 2. The number of carbonyl (C=O) groups is 1. The average molecular weight is 388 g/mol. The summed E-state index contributed by atoms with van der Waals surface area (Å²) in [6.45, 7) is 0.168. The van der Waals surface area contributed by atoms with Gasteiger partial charge in [-0.1, -0.05) is 41.9 Å². The van der Waals surface area contributed by atoms with E-state index in [9.17, 15) is 14.7 Å². The van der Waals surface area contributed by atoms with Crippen molar-refractivity contribution in [3.63, 3.8) is 0 Å². The number of aliphatic hydroxyl groups is 1. The molecule has 1 aromatic heterocycles. The van der Waals surface area contributed by atoms with E-state index in [4.69, 9.17) is 22.1 Å².